The quantitative estimate of drug-likeness (QED) is 0.741. The smallest absolute Gasteiger partial charge is 0.193 e. The van der Waals surface area contributed by atoms with Crippen molar-refractivity contribution in [1.82, 2.24) is 0 Å². The number of rotatable bonds is 4. The number of aliphatic hydroxyl groups is 1. The van der Waals surface area contributed by atoms with Crippen molar-refractivity contribution in [2.24, 2.45) is 28.6 Å². The Bertz CT molecular complexity index is 904. The van der Waals surface area contributed by atoms with E-state index in [1.165, 1.54) is 0 Å². The Balaban J connectivity index is 1.56. The molecule has 5 aliphatic rings. The van der Waals surface area contributed by atoms with Crippen LogP contribution in [0.1, 0.15) is 59.3 Å². The van der Waals surface area contributed by atoms with E-state index in [0.29, 0.717) is 12.8 Å². The number of hydrogen-bond donors (Lipinski definition) is 1. The summed E-state index contributed by atoms with van der Waals surface area (Å²) in [4.78, 5) is 38.9. The Morgan fingerprint density at radius 3 is 2.77 bits per heavy atom. The highest BCUT2D eigenvalue weighted by Crippen LogP contribution is 2.68. The van der Waals surface area contributed by atoms with Crippen molar-refractivity contribution >= 4 is 17.3 Å². The number of fused-ring (bicyclic) bond motifs is 7. The van der Waals surface area contributed by atoms with Crippen molar-refractivity contribution in [3.63, 3.8) is 0 Å². The normalized spacial score (nSPS) is 48.0. The van der Waals surface area contributed by atoms with Gasteiger partial charge in [0.05, 0.1) is 6.10 Å². The van der Waals surface area contributed by atoms with Crippen LogP contribution in [0.5, 0.6) is 0 Å². The average Bonchev–Trinajstić information content (AvgIpc) is 3.20. The Kier molecular flexibility index (Phi) is 4.75. The van der Waals surface area contributed by atoms with Crippen LogP contribution in [0.4, 0.5) is 0 Å². The molecule has 6 nitrogen and oxygen atoms in total. The van der Waals surface area contributed by atoms with E-state index in [1.54, 1.807) is 12.2 Å². The fraction of sp³-hybridized carbons (Fsp3) is 0.720. The molecule has 168 valence electrons. The second-order valence-corrected chi connectivity index (χ2v) is 10.5. The number of allylic oxidation sites excluding steroid dienone is 4. The summed E-state index contributed by atoms with van der Waals surface area (Å²) in [7, 11) is 0. The molecular weight excluding hydrogens is 396 g/mol. The number of hydrogen-bond acceptors (Lipinski definition) is 6. The van der Waals surface area contributed by atoms with Crippen molar-refractivity contribution in [3.05, 3.63) is 23.8 Å². The minimum absolute atomic E-state index is 0.00863. The van der Waals surface area contributed by atoms with E-state index < -0.39 is 35.4 Å². The highest BCUT2D eigenvalue weighted by Gasteiger charge is 2.75. The molecule has 0 spiro atoms. The lowest BCUT2D eigenvalue weighted by atomic mass is 9.46. The summed E-state index contributed by atoms with van der Waals surface area (Å²) in [5.74, 6) is -0.269. The summed E-state index contributed by atoms with van der Waals surface area (Å²) in [5, 5.41) is 9.86. The molecule has 0 bridgehead atoms. The molecule has 0 aromatic rings. The number of ketones is 3. The average molecular weight is 429 g/mol. The summed E-state index contributed by atoms with van der Waals surface area (Å²) in [5.41, 5.74) is -1.37. The molecule has 1 unspecified atom stereocenters. The van der Waals surface area contributed by atoms with Crippen LogP contribution in [0.25, 0.3) is 0 Å². The molecule has 1 heterocycles. The monoisotopic (exact) mass is 428 g/mol. The molecule has 0 aromatic heterocycles. The molecule has 1 aliphatic heterocycles. The van der Waals surface area contributed by atoms with Crippen LogP contribution in [0.3, 0.4) is 0 Å². The van der Waals surface area contributed by atoms with Gasteiger partial charge in [-0.3, -0.25) is 14.4 Å². The highest BCUT2D eigenvalue weighted by atomic mass is 16.7. The first-order valence-electron chi connectivity index (χ1n) is 11.7. The third-order valence-electron chi connectivity index (χ3n) is 9.13. The van der Waals surface area contributed by atoms with E-state index in [-0.39, 0.29) is 41.5 Å². The van der Waals surface area contributed by atoms with Gasteiger partial charge in [-0.25, -0.2) is 0 Å². The van der Waals surface area contributed by atoms with Gasteiger partial charge in [-0.15, -0.1) is 0 Å². The molecule has 3 saturated carbocycles. The third kappa shape index (κ3) is 2.58. The van der Waals surface area contributed by atoms with Crippen molar-refractivity contribution < 1.29 is 29.0 Å². The van der Waals surface area contributed by atoms with Gasteiger partial charge in [0.15, 0.2) is 23.5 Å². The molecule has 6 heteroatoms. The van der Waals surface area contributed by atoms with Crippen molar-refractivity contribution in [2.45, 2.75) is 77.3 Å². The molecule has 0 radical (unpaired) electrons. The van der Waals surface area contributed by atoms with Crippen molar-refractivity contribution in [2.75, 3.05) is 6.61 Å². The molecule has 4 aliphatic carbocycles. The molecule has 0 aromatic carbocycles. The number of carbonyl (C=O) groups excluding carboxylic acids is 3. The summed E-state index contributed by atoms with van der Waals surface area (Å²) in [6.07, 6.45) is 8.35. The fourth-order valence-corrected chi connectivity index (χ4v) is 7.83. The van der Waals surface area contributed by atoms with Crippen LogP contribution in [0.15, 0.2) is 23.8 Å². The Hall–Kier alpha value is -1.63. The van der Waals surface area contributed by atoms with Crippen LogP contribution in [-0.4, -0.2) is 47.1 Å². The molecule has 0 amide bonds. The van der Waals surface area contributed by atoms with E-state index in [2.05, 4.69) is 6.92 Å². The lowest BCUT2D eigenvalue weighted by molar-refractivity contribution is -0.187. The van der Waals surface area contributed by atoms with Gasteiger partial charge in [0, 0.05) is 23.2 Å². The second kappa shape index (κ2) is 6.93. The van der Waals surface area contributed by atoms with Gasteiger partial charge in [0.2, 0.25) is 0 Å². The maximum absolute atomic E-state index is 13.8. The Labute approximate surface area is 183 Å². The molecule has 1 N–H and O–H groups in total. The lowest BCUT2D eigenvalue weighted by Gasteiger charge is -2.57. The van der Waals surface area contributed by atoms with E-state index >= 15 is 0 Å². The van der Waals surface area contributed by atoms with Gasteiger partial charge in [-0.1, -0.05) is 38.8 Å². The standard InChI is InChI=1S/C25H32O6/c1-4-5-21-30-20-11-17-16-7-6-14-10-15(27)8-9-23(14,2)22(16)18(28)12-24(17,3)25(20,31-21)19(29)13-26/h8-10,16-17,20-22,26H,4-7,11-13H2,1-3H3/t16-,17-,20+,21?,22+,23-,24-,25+/m0/s1. The molecule has 31 heavy (non-hydrogen) atoms. The fourth-order valence-electron chi connectivity index (χ4n) is 7.83. The third-order valence-corrected chi connectivity index (χ3v) is 9.13. The van der Waals surface area contributed by atoms with Gasteiger partial charge in [-0.2, -0.15) is 0 Å². The van der Waals surface area contributed by atoms with E-state index in [1.807, 2.05) is 19.9 Å². The van der Waals surface area contributed by atoms with Crippen LogP contribution in [0.2, 0.25) is 0 Å². The Morgan fingerprint density at radius 1 is 1.29 bits per heavy atom. The summed E-state index contributed by atoms with van der Waals surface area (Å²) in [6, 6.07) is 0. The summed E-state index contributed by atoms with van der Waals surface area (Å²) >= 11 is 0. The number of ether oxygens (including phenoxy) is 2. The minimum Gasteiger partial charge on any atom is -0.388 e. The molecule has 4 fully saturated rings. The van der Waals surface area contributed by atoms with E-state index in [9.17, 15) is 19.5 Å². The zero-order valence-electron chi connectivity index (χ0n) is 18.6. The first kappa shape index (κ1) is 21.2. The van der Waals surface area contributed by atoms with Gasteiger partial charge in [-0.05, 0) is 49.7 Å². The topological polar surface area (TPSA) is 89.9 Å². The largest absolute Gasteiger partial charge is 0.388 e. The van der Waals surface area contributed by atoms with Crippen LogP contribution >= 0.6 is 0 Å². The van der Waals surface area contributed by atoms with E-state index in [0.717, 1.165) is 24.8 Å². The first-order chi connectivity index (χ1) is 14.7. The maximum atomic E-state index is 13.8. The number of aliphatic hydroxyl groups excluding tert-OH is 1. The summed E-state index contributed by atoms with van der Waals surface area (Å²) in [6.45, 7) is 5.51. The zero-order chi connectivity index (χ0) is 22.2. The minimum atomic E-state index is -1.26. The molecule has 1 saturated heterocycles. The number of carbonyl (C=O) groups is 3. The zero-order valence-corrected chi connectivity index (χ0v) is 18.6. The SMILES string of the molecule is CCCC1O[C@@H]2C[C@H]3[C@@H]4CCC5=CC(=O)C=C[C@]5(C)[C@H]4C(=O)C[C@]3(C)[C@]2(C(=O)CO)O1. The molecule has 8 atom stereocenters. The predicted molar refractivity (Wildman–Crippen MR) is 112 cm³/mol. The van der Waals surface area contributed by atoms with Crippen molar-refractivity contribution in [1.29, 1.82) is 0 Å². The van der Waals surface area contributed by atoms with Gasteiger partial charge >= 0.3 is 0 Å². The number of Topliss-reactive ketones (excluding diaryl/α,β-unsaturated/α-hetero) is 2. The van der Waals surface area contributed by atoms with Gasteiger partial charge < -0.3 is 14.6 Å². The second-order valence-electron chi connectivity index (χ2n) is 10.5. The molecular formula is C25H32O6. The summed E-state index contributed by atoms with van der Waals surface area (Å²) < 4.78 is 12.6. The predicted octanol–water partition coefficient (Wildman–Crippen LogP) is 2.93. The van der Waals surface area contributed by atoms with Crippen molar-refractivity contribution in [3.8, 4) is 0 Å². The maximum Gasteiger partial charge on any atom is 0.193 e. The van der Waals surface area contributed by atoms with Crippen LogP contribution in [0, 0.1) is 28.6 Å². The van der Waals surface area contributed by atoms with E-state index in [4.69, 9.17) is 9.47 Å². The first-order valence-corrected chi connectivity index (χ1v) is 11.7. The van der Waals surface area contributed by atoms with Crippen LogP contribution in [-0.2, 0) is 23.9 Å². The molecule has 5 rings (SSSR count). The highest BCUT2D eigenvalue weighted by molar-refractivity contribution is 6.02. The van der Waals surface area contributed by atoms with Gasteiger partial charge in [0.25, 0.3) is 0 Å². The lowest BCUT2D eigenvalue weighted by Crippen LogP contribution is -2.62. The van der Waals surface area contributed by atoms with Crippen LogP contribution < -0.4 is 0 Å². The van der Waals surface area contributed by atoms with Gasteiger partial charge in [0.1, 0.15) is 12.4 Å². The Morgan fingerprint density at radius 2 is 2.06 bits per heavy atom.